The number of H-pyrrole nitrogens is 1. The molecule has 108 valence electrons. The normalized spacial score (nSPS) is 14.2. The van der Waals surface area contributed by atoms with Crippen molar-refractivity contribution in [1.29, 1.82) is 0 Å². The van der Waals surface area contributed by atoms with E-state index >= 15 is 0 Å². The molecule has 6 nitrogen and oxygen atoms in total. The van der Waals surface area contributed by atoms with Gasteiger partial charge in [-0.15, -0.1) is 0 Å². The first-order valence-corrected chi connectivity index (χ1v) is 9.16. The number of imidazole rings is 1. The van der Waals surface area contributed by atoms with Crippen LogP contribution in [0.4, 0.5) is 0 Å². The van der Waals surface area contributed by atoms with Gasteiger partial charge in [0.1, 0.15) is 5.82 Å². The zero-order chi connectivity index (χ0) is 15.0. The van der Waals surface area contributed by atoms with E-state index in [2.05, 4.69) is 19.9 Å². The van der Waals surface area contributed by atoms with E-state index in [0.717, 1.165) is 0 Å². The van der Waals surface area contributed by atoms with Crippen LogP contribution in [0.2, 0.25) is 0 Å². The van der Waals surface area contributed by atoms with Gasteiger partial charge in [-0.05, 0) is 18.2 Å². The Hall–Kier alpha value is -1.93. The molecule has 0 aliphatic carbocycles. The summed E-state index contributed by atoms with van der Waals surface area (Å²) in [5.41, 5.74) is 1.77. The molecule has 2 atom stereocenters. The maximum atomic E-state index is 12.0. The third kappa shape index (κ3) is 2.64. The zero-order valence-electron chi connectivity index (χ0n) is 11.4. The number of fused-ring (bicyclic) bond motifs is 1. The zero-order valence-corrected chi connectivity index (χ0v) is 13.0. The SMILES string of the molecule is CS(=O)c1ccc(-c2nc3nccnc3[nH]2)c(S(C)=O)c1. The third-order valence-corrected chi connectivity index (χ3v) is 4.86. The van der Waals surface area contributed by atoms with E-state index < -0.39 is 21.6 Å². The van der Waals surface area contributed by atoms with Crippen LogP contribution in [0.25, 0.3) is 22.7 Å². The van der Waals surface area contributed by atoms with E-state index in [9.17, 15) is 8.42 Å². The molecule has 3 rings (SSSR count). The largest absolute Gasteiger partial charge is 0.321 e. The Balaban J connectivity index is 2.21. The first kappa shape index (κ1) is 14.0. The number of aromatic nitrogens is 4. The van der Waals surface area contributed by atoms with Gasteiger partial charge in [0.25, 0.3) is 0 Å². The number of rotatable bonds is 3. The molecule has 0 aliphatic heterocycles. The van der Waals surface area contributed by atoms with E-state index in [1.807, 2.05) is 0 Å². The second-order valence-corrected chi connectivity index (χ2v) is 7.11. The number of hydrogen-bond donors (Lipinski definition) is 1. The van der Waals surface area contributed by atoms with Crippen molar-refractivity contribution in [3.8, 4) is 11.4 Å². The van der Waals surface area contributed by atoms with Crippen molar-refractivity contribution in [3.63, 3.8) is 0 Å². The summed E-state index contributed by atoms with van der Waals surface area (Å²) in [6, 6.07) is 5.20. The quantitative estimate of drug-likeness (QED) is 0.790. The molecule has 3 aromatic rings. The van der Waals surface area contributed by atoms with Crippen LogP contribution >= 0.6 is 0 Å². The minimum absolute atomic E-state index is 0.503. The van der Waals surface area contributed by atoms with Gasteiger partial charge in [0.2, 0.25) is 0 Å². The molecule has 0 saturated carbocycles. The Labute approximate surface area is 126 Å². The van der Waals surface area contributed by atoms with Gasteiger partial charge in [-0.3, -0.25) is 8.42 Å². The number of benzene rings is 1. The number of nitrogens with one attached hydrogen (secondary N) is 1. The van der Waals surface area contributed by atoms with Crippen LogP contribution in [-0.4, -0.2) is 40.9 Å². The molecule has 1 aromatic carbocycles. The molecule has 2 aromatic heterocycles. The van der Waals surface area contributed by atoms with Gasteiger partial charge < -0.3 is 4.98 Å². The Morgan fingerprint density at radius 1 is 1.05 bits per heavy atom. The Kier molecular flexibility index (Phi) is 3.64. The fraction of sp³-hybridized carbons (Fsp3) is 0.154. The number of nitrogens with zero attached hydrogens (tertiary/aromatic N) is 3. The molecule has 0 fully saturated rings. The minimum atomic E-state index is -1.22. The first-order valence-electron chi connectivity index (χ1n) is 6.04. The topological polar surface area (TPSA) is 88.6 Å². The van der Waals surface area contributed by atoms with E-state index in [-0.39, 0.29) is 0 Å². The van der Waals surface area contributed by atoms with Crippen LogP contribution in [0.5, 0.6) is 0 Å². The van der Waals surface area contributed by atoms with Gasteiger partial charge >= 0.3 is 0 Å². The number of hydrogen-bond acceptors (Lipinski definition) is 5. The molecule has 0 spiro atoms. The number of aromatic amines is 1. The highest BCUT2D eigenvalue weighted by Crippen LogP contribution is 2.26. The molecule has 1 N–H and O–H groups in total. The highest BCUT2D eigenvalue weighted by atomic mass is 32.2. The van der Waals surface area contributed by atoms with Gasteiger partial charge in [-0.2, -0.15) is 0 Å². The fourth-order valence-electron chi connectivity index (χ4n) is 1.99. The molecule has 0 amide bonds. The summed E-state index contributed by atoms with van der Waals surface area (Å²) >= 11 is 0. The molecule has 0 aliphatic rings. The van der Waals surface area contributed by atoms with Gasteiger partial charge in [-0.1, -0.05) is 0 Å². The van der Waals surface area contributed by atoms with E-state index in [0.29, 0.717) is 32.5 Å². The smallest absolute Gasteiger partial charge is 0.197 e. The summed E-state index contributed by atoms with van der Waals surface area (Å²) in [5, 5.41) is 0. The predicted molar refractivity (Wildman–Crippen MR) is 81.8 cm³/mol. The van der Waals surface area contributed by atoms with Crippen LogP contribution in [-0.2, 0) is 21.6 Å². The highest BCUT2D eigenvalue weighted by molar-refractivity contribution is 7.85. The maximum Gasteiger partial charge on any atom is 0.197 e. The fourth-order valence-corrected chi connectivity index (χ4v) is 3.37. The summed E-state index contributed by atoms with van der Waals surface area (Å²) in [4.78, 5) is 16.9. The monoisotopic (exact) mass is 320 g/mol. The van der Waals surface area contributed by atoms with E-state index in [1.54, 1.807) is 43.1 Å². The van der Waals surface area contributed by atoms with Crippen molar-refractivity contribution >= 4 is 32.9 Å². The van der Waals surface area contributed by atoms with Gasteiger partial charge in [0, 0.05) is 46.2 Å². The first-order chi connectivity index (χ1) is 10.1. The van der Waals surface area contributed by atoms with Crippen molar-refractivity contribution < 1.29 is 8.42 Å². The summed E-state index contributed by atoms with van der Waals surface area (Å²) in [6.07, 6.45) is 6.31. The summed E-state index contributed by atoms with van der Waals surface area (Å²) in [7, 11) is -2.35. The van der Waals surface area contributed by atoms with Gasteiger partial charge in [0.05, 0.1) is 15.7 Å². The standard InChI is InChI=1S/C13H12N4O2S2/c1-20(18)8-3-4-9(10(7-8)21(2)19)11-16-12-13(17-11)15-6-5-14-12/h3-7H,1-2H3,(H,14,15,16,17). The molecule has 0 saturated heterocycles. The van der Waals surface area contributed by atoms with Crippen molar-refractivity contribution in [2.24, 2.45) is 0 Å². The molecule has 2 heterocycles. The summed E-state index contributed by atoms with van der Waals surface area (Å²) < 4.78 is 23.5. The summed E-state index contributed by atoms with van der Waals surface area (Å²) in [5.74, 6) is 0.551. The second-order valence-electron chi connectivity index (χ2n) is 4.38. The van der Waals surface area contributed by atoms with Crippen LogP contribution in [0.3, 0.4) is 0 Å². The lowest BCUT2D eigenvalue weighted by molar-refractivity contribution is 0.685. The van der Waals surface area contributed by atoms with E-state index in [1.165, 1.54) is 0 Å². The molecule has 0 radical (unpaired) electrons. The minimum Gasteiger partial charge on any atom is -0.321 e. The average Bonchev–Trinajstić information content (AvgIpc) is 2.90. The van der Waals surface area contributed by atoms with Gasteiger partial charge in [0.15, 0.2) is 11.3 Å². The molecule has 21 heavy (non-hydrogen) atoms. The molecule has 8 heteroatoms. The van der Waals surface area contributed by atoms with Crippen LogP contribution in [0.15, 0.2) is 40.4 Å². The van der Waals surface area contributed by atoms with Crippen LogP contribution < -0.4 is 0 Å². The highest BCUT2D eigenvalue weighted by Gasteiger charge is 2.15. The predicted octanol–water partition coefficient (Wildman–Crippen LogP) is 1.49. The Morgan fingerprint density at radius 3 is 2.48 bits per heavy atom. The van der Waals surface area contributed by atoms with Crippen LogP contribution in [0.1, 0.15) is 0 Å². The lowest BCUT2D eigenvalue weighted by Gasteiger charge is -2.06. The molecular weight excluding hydrogens is 308 g/mol. The maximum absolute atomic E-state index is 12.0. The van der Waals surface area contributed by atoms with Crippen molar-refractivity contribution in [2.75, 3.05) is 12.5 Å². The lowest BCUT2D eigenvalue weighted by atomic mass is 10.2. The third-order valence-electron chi connectivity index (χ3n) is 2.98. The van der Waals surface area contributed by atoms with Crippen molar-refractivity contribution in [3.05, 3.63) is 30.6 Å². The van der Waals surface area contributed by atoms with Crippen LogP contribution in [0, 0.1) is 0 Å². The van der Waals surface area contributed by atoms with Crippen molar-refractivity contribution in [1.82, 2.24) is 19.9 Å². The Morgan fingerprint density at radius 2 is 1.81 bits per heavy atom. The summed E-state index contributed by atoms with van der Waals surface area (Å²) in [6.45, 7) is 0. The second kappa shape index (κ2) is 5.45. The van der Waals surface area contributed by atoms with Crippen molar-refractivity contribution in [2.45, 2.75) is 9.79 Å². The molecule has 2 unspecified atom stereocenters. The Bertz CT molecular complexity index is 842. The average molecular weight is 320 g/mol. The molecular formula is C13H12N4O2S2. The molecule has 0 bridgehead atoms. The van der Waals surface area contributed by atoms with Gasteiger partial charge in [-0.25, -0.2) is 15.0 Å². The lowest BCUT2D eigenvalue weighted by Crippen LogP contribution is -1.97. The van der Waals surface area contributed by atoms with E-state index in [4.69, 9.17) is 0 Å².